The predicted molar refractivity (Wildman–Crippen MR) is 61.9 cm³/mol. The molecule has 1 fully saturated rings. The van der Waals surface area contributed by atoms with Gasteiger partial charge in [-0.25, -0.2) is 4.39 Å². The molecule has 1 aromatic carbocycles. The van der Waals surface area contributed by atoms with Crippen molar-refractivity contribution in [2.45, 2.75) is 13.2 Å². The van der Waals surface area contributed by atoms with Crippen LogP contribution < -0.4 is 4.90 Å². The molecular weight excluding hydrogens is 207 g/mol. The number of aliphatic hydroxyl groups excluding tert-OH is 1. The molecule has 1 unspecified atom stereocenters. The third-order valence-electron chi connectivity index (χ3n) is 3.02. The summed E-state index contributed by atoms with van der Waals surface area (Å²) < 4.78 is 13.0. The summed E-state index contributed by atoms with van der Waals surface area (Å²) >= 11 is 0. The second kappa shape index (κ2) is 4.80. The highest BCUT2D eigenvalue weighted by molar-refractivity contribution is 5.46. The number of halogens is 1. The molecule has 3 nitrogen and oxygen atoms in total. The molecule has 4 heteroatoms. The van der Waals surface area contributed by atoms with Gasteiger partial charge in [0.25, 0.3) is 0 Å². The van der Waals surface area contributed by atoms with E-state index in [9.17, 15) is 9.50 Å². The highest BCUT2D eigenvalue weighted by Crippen LogP contribution is 2.17. The largest absolute Gasteiger partial charge is 0.379 e. The normalized spacial score (nSPS) is 19.8. The molecule has 0 aliphatic carbocycles. The van der Waals surface area contributed by atoms with Crippen molar-refractivity contribution in [1.29, 1.82) is 0 Å². The number of aliphatic hydroxyl groups is 1. The summed E-state index contributed by atoms with van der Waals surface area (Å²) in [5, 5.41) is 9.43. The maximum Gasteiger partial charge on any atom is 0.125 e. The van der Waals surface area contributed by atoms with Crippen LogP contribution in [0.4, 0.5) is 10.1 Å². The summed E-state index contributed by atoms with van der Waals surface area (Å²) in [6.45, 7) is 5.06. The van der Waals surface area contributed by atoms with Crippen LogP contribution in [-0.4, -0.2) is 42.4 Å². The Labute approximate surface area is 95.1 Å². The third-order valence-corrected chi connectivity index (χ3v) is 3.02. The summed E-state index contributed by atoms with van der Waals surface area (Å²) in [6.07, 6.45) is -0.394. The Bertz CT molecular complexity index is 349. The van der Waals surface area contributed by atoms with E-state index in [4.69, 9.17) is 0 Å². The van der Waals surface area contributed by atoms with Gasteiger partial charge >= 0.3 is 0 Å². The summed E-state index contributed by atoms with van der Waals surface area (Å²) in [5.74, 6) is -0.199. The van der Waals surface area contributed by atoms with Gasteiger partial charge in [-0.1, -0.05) is 6.07 Å². The molecule has 0 aromatic heterocycles. The fraction of sp³-hybridized carbons (Fsp3) is 0.500. The molecule has 1 aliphatic heterocycles. The number of benzene rings is 1. The van der Waals surface area contributed by atoms with Gasteiger partial charge in [0.15, 0.2) is 0 Å². The summed E-state index contributed by atoms with van der Waals surface area (Å²) in [6, 6.07) is 6.65. The van der Waals surface area contributed by atoms with Crippen molar-refractivity contribution in [3.63, 3.8) is 0 Å². The van der Waals surface area contributed by atoms with Crippen molar-refractivity contribution in [1.82, 2.24) is 4.90 Å². The highest BCUT2D eigenvalue weighted by Gasteiger charge is 2.19. The molecule has 88 valence electrons. The van der Waals surface area contributed by atoms with Crippen LogP contribution in [0, 0.1) is 5.82 Å². The quantitative estimate of drug-likeness (QED) is 0.820. The van der Waals surface area contributed by atoms with Crippen LogP contribution in [0.2, 0.25) is 0 Å². The number of nitrogens with zero attached hydrogens (tertiary/aromatic N) is 2. The van der Waals surface area contributed by atoms with Gasteiger partial charge in [-0.2, -0.15) is 0 Å². The highest BCUT2D eigenvalue weighted by atomic mass is 19.1. The minimum Gasteiger partial charge on any atom is -0.379 e. The lowest BCUT2D eigenvalue weighted by molar-refractivity contribution is 0.0153. The van der Waals surface area contributed by atoms with E-state index in [0.29, 0.717) is 0 Å². The molecule has 1 atom stereocenters. The average molecular weight is 224 g/mol. The Hall–Kier alpha value is -1.13. The first-order valence-electron chi connectivity index (χ1n) is 5.59. The SMILES string of the molecule is CC(O)N1CCN(c2cccc(F)c2)CC1. The second-order valence-electron chi connectivity index (χ2n) is 4.13. The molecule has 1 aliphatic rings. The van der Waals surface area contributed by atoms with Crippen LogP contribution in [-0.2, 0) is 0 Å². The molecule has 1 aromatic rings. The van der Waals surface area contributed by atoms with Crippen molar-refractivity contribution < 1.29 is 9.50 Å². The standard InChI is InChI=1S/C12H17FN2O/c1-10(16)14-5-7-15(8-6-14)12-4-2-3-11(13)9-12/h2-4,9-10,16H,5-8H2,1H3. The first-order chi connectivity index (χ1) is 7.66. The Kier molecular flexibility index (Phi) is 3.41. The van der Waals surface area contributed by atoms with E-state index >= 15 is 0 Å². The molecule has 0 spiro atoms. The molecule has 0 saturated carbocycles. The maximum atomic E-state index is 13.0. The van der Waals surface area contributed by atoms with E-state index in [1.54, 1.807) is 19.1 Å². The van der Waals surface area contributed by atoms with Gasteiger partial charge in [-0.15, -0.1) is 0 Å². The smallest absolute Gasteiger partial charge is 0.125 e. The molecule has 0 amide bonds. The van der Waals surface area contributed by atoms with Gasteiger partial charge in [-0.3, -0.25) is 4.90 Å². The van der Waals surface area contributed by atoms with E-state index in [-0.39, 0.29) is 5.82 Å². The molecular formula is C12H17FN2O. The average Bonchev–Trinajstić information content (AvgIpc) is 2.29. The zero-order valence-corrected chi connectivity index (χ0v) is 9.43. The fourth-order valence-corrected chi connectivity index (χ4v) is 2.03. The van der Waals surface area contributed by atoms with Crippen molar-refractivity contribution >= 4 is 5.69 Å². The van der Waals surface area contributed by atoms with Crippen molar-refractivity contribution in [2.24, 2.45) is 0 Å². The van der Waals surface area contributed by atoms with Crippen molar-refractivity contribution in [3.8, 4) is 0 Å². The Morgan fingerprint density at radius 2 is 1.94 bits per heavy atom. The predicted octanol–water partition coefficient (Wildman–Crippen LogP) is 1.29. The van der Waals surface area contributed by atoms with Crippen molar-refractivity contribution in [3.05, 3.63) is 30.1 Å². The molecule has 1 heterocycles. The van der Waals surface area contributed by atoms with Gasteiger partial charge in [0, 0.05) is 31.9 Å². The fourth-order valence-electron chi connectivity index (χ4n) is 2.03. The van der Waals surface area contributed by atoms with Crippen LogP contribution in [0.1, 0.15) is 6.92 Å². The van der Waals surface area contributed by atoms with Crippen molar-refractivity contribution in [2.75, 3.05) is 31.1 Å². The van der Waals surface area contributed by atoms with E-state index in [1.807, 2.05) is 11.0 Å². The number of hydrogen-bond donors (Lipinski definition) is 1. The third kappa shape index (κ3) is 2.51. The monoisotopic (exact) mass is 224 g/mol. The Morgan fingerprint density at radius 3 is 2.50 bits per heavy atom. The molecule has 2 rings (SSSR count). The zero-order valence-electron chi connectivity index (χ0n) is 9.43. The number of piperazine rings is 1. The van der Waals surface area contributed by atoms with Crippen LogP contribution in [0.25, 0.3) is 0 Å². The maximum absolute atomic E-state index is 13.0. The van der Waals surface area contributed by atoms with Crippen LogP contribution in [0.3, 0.4) is 0 Å². The van der Waals surface area contributed by atoms with Gasteiger partial charge in [0.1, 0.15) is 12.0 Å². The topological polar surface area (TPSA) is 26.7 Å². The minimum absolute atomic E-state index is 0.199. The lowest BCUT2D eigenvalue weighted by Crippen LogP contribution is -2.49. The summed E-state index contributed by atoms with van der Waals surface area (Å²) in [4.78, 5) is 4.15. The van der Waals surface area contributed by atoms with E-state index < -0.39 is 6.23 Å². The number of rotatable bonds is 2. The van der Waals surface area contributed by atoms with Gasteiger partial charge < -0.3 is 10.0 Å². The van der Waals surface area contributed by atoms with E-state index in [1.165, 1.54) is 6.07 Å². The zero-order chi connectivity index (χ0) is 11.5. The van der Waals surface area contributed by atoms with E-state index in [2.05, 4.69) is 4.90 Å². The summed E-state index contributed by atoms with van der Waals surface area (Å²) in [7, 11) is 0. The molecule has 16 heavy (non-hydrogen) atoms. The van der Waals surface area contributed by atoms with E-state index in [0.717, 1.165) is 31.9 Å². The van der Waals surface area contributed by atoms with Gasteiger partial charge in [0.2, 0.25) is 0 Å². The van der Waals surface area contributed by atoms with Gasteiger partial charge in [0.05, 0.1) is 0 Å². The number of anilines is 1. The molecule has 0 bridgehead atoms. The molecule has 1 N–H and O–H groups in total. The first-order valence-corrected chi connectivity index (χ1v) is 5.59. The van der Waals surface area contributed by atoms with Crippen LogP contribution in [0.5, 0.6) is 0 Å². The first kappa shape index (κ1) is 11.4. The Morgan fingerprint density at radius 1 is 1.25 bits per heavy atom. The lowest BCUT2D eigenvalue weighted by atomic mass is 10.2. The van der Waals surface area contributed by atoms with Crippen LogP contribution >= 0.6 is 0 Å². The van der Waals surface area contributed by atoms with Crippen LogP contribution in [0.15, 0.2) is 24.3 Å². The summed E-state index contributed by atoms with van der Waals surface area (Å²) in [5.41, 5.74) is 0.922. The second-order valence-corrected chi connectivity index (χ2v) is 4.13. The van der Waals surface area contributed by atoms with Gasteiger partial charge in [-0.05, 0) is 25.1 Å². The molecule has 1 saturated heterocycles. The minimum atomic E-state index is -0.394. The lowest BCUT2D eigenvalue weighted by Gasteiger charge is -2.37. The molecule has 0 radical (unpaired) electrons. The Balaban J connectivity index is 1.99. The number of hydrogen-bond acceptors (Lipinski definition) is 3.